The van der Waals surface area contributed by atoms with E-state index in [9.17, 15) is 9.59 Å². The van der Waals surface area contributed by atoms with Crippen LogP contribution in [0.5, 0.6) is 0 Å². The molecule has 0 spiro atoms. The van der Waals surface area contributed by atoms with Crippen LogP contribution in [0, 0.1) is 0 Å². The van der Waals surface area contributed by atoms with Gasteiger partial charge < -0.3 is 10.8 Å². The Morgan fingerprint density at radius 1 is 0.815 bits per heavy atom. The normalized spacial score (nSPS) is 12.0. The van der Waals surface area contributed by atoms with Crippen LogP contribution < -0.4 is 5.73 Å². The van der Waals surface area contributed by atoms with Gasteiger partial charge in [-0.1, -0.05) is 68.4 Å². The number of hydrogen-bond acceptors (Lipinski definition) is 2. The summed E-state index contributed by atoms with van der Waals surface area (Å²) in [6.07, 6.45) is 25.5. The van der Waals surface area contributed by atoms with Crippen LogP contribution in [0.2, 0.25) is 0 Å². The SMILES string of the molecule is CCCCC/C=C\C/C=C\C/C=C\C/C=C\CCCN(CC(N)=O)C(=O)O. The van der Waals surface area contributed by atoms with Crippen molar-refractivity contribution in [1.29, 1.82) is 0 Å². The van der Waals surface area contributed by atoms with Crippen LogP contribution in [0.25, 0.3) is 0 Å². The molecule has 0 saturated heterocycles. The van der Waals surface area contributed by atoms with Crippen molar-refractivity contribution in [3.63, 3.8) is 0 Å². The molecule has 0 fully saturated rings. The third-order valence-electron chi connectivity index (χ3n) is 3.87. The Balaban J connectivity index is 3.66. The van der Waals surface area contributed by atoms with Gasteiger partial charge in [0.2, 0.25) is 5.91 Å². The zero-order valence-corrected chi connectivity index (χ0v) is 16.7. The van der Waals surface area contributed by atoms with Gasteiger partial charge in [-0.25, -0.2) is 4.79 Å². The lowest BCUT2D eigenvalue weighted by molar-refractivity contribution is -0.118. The standard InChI is InChI=1S/C22H36N2O3/c1-2-3-4-5-6-7-8-9-10-11-12-13-14-15-16-17-18-19-24(22(26)27)20-21(23)25/h6-7,9-10,12-13,15-16H,2-5,8,11,14,17-20H2,1H3,(H2,23,25)(H,26,27)/b7-6-,10-9-,13-12-,16-15-. The second-order valence-corrected chi connectivity index (χ2v) is 6.40. The molecular formula is C22H36N2O3. The van der Waals surface area contributed by atoms with E-state index >= 15 is 0 Å². The van der Waals surface area contributed by atoms with Gasteiger partial charge in [0.15, 0.2) is 0 Å². The van der Waals surface area contributed by atoms with E-state index in [1.165, 1.54) is 25.7 Å². The average molecular weight is 377 g/mol. The fourth-order valence-electron chi connectivity index (χ4n) is 2.39. The average Bonchev–Trinajstić information content (AvgIpc) is 2.62. The van der Waals surface area contributed by atoms with E-state index in [4.69, 9.17) is 10.8 Å². The van der Waals surface area contributed by atoms with E-state index in [0.29, 0.717) is 13.0 Å². The summed E-state index contributed by atoms with van der Waals surface area (Å²) < 4.78 is 0. The number of rotatable bonds is 16. The van der Waals surface area contributed by atoms with Gasteiger partial charge in [0.05, 0.1) is 0 Å². The van der Waals surface area contributed by atoms with E-state index in [-0.39, 0.29) is 6.54 Å². The van der Waals surface area contributed by atoms with Gasteiger partial charge >= 0.3 is 6.09 Å². The van der Waals surface area contributed by atoms with Crippen molar-refractivity contribution in [2.75, 3.05) is 13.1 Å². The van der Waals surface area contributed by atoms with Crippen molar-refractivity contribution in [1.82, 2.24) is 4.90 Å². The maximum Gasteiger partial charge on any atom is 0.407 e. The summed E-state index contributed by atoms with van der Waals surface area (Å²) in [6.45, 7) is 2.29. The van der Waals surface area contributed by atoms with E-state index < -0.39 is 12.0 Å². The lowest BCUT2D eigenvalue weighted by atomic mass is 10.2. The van der Waals surface area contributed by atoms with Crippen molar-refractivity contribution in [2.45, 2.75) is 64.7 Å². The minimum absolute atomic E-state index is 0.246. The van der Waals surface area contributed by atoms with Crippen LogP contribution in [0.3, 0.4) is 0 Å². The van der Waals surface area contributed by atoms with Gasteiger partial charge in [0.25, 0.3) is 0 Å². The third kappa shape index (κ3) is 18.3. The molecule has 0 aliphatic heterocycles. The highest BCUT2D eigenvalue weighted by molar-refractivity contribution is 5.80. The molecule has 152 valence electrons. The largest absolute Gasteiger partial charge is 0.465 e. The summed E-state index contributed by atoms with van der Waals surface area (Å²) in [5.74, 6) is -0.630. The molecule has 2 amide bonds. The van der Waals surface area contributed by atoms with Crippen molar-refractivity contribution >= 4 is 12.0 Å². The minimum Gasteiger partial charge on any atom is -0.465 e. The van der Waals surface area contributed by atoms with Gasteiger partial charge in [-0.05, 0) is 44.9 Å². The molecule has 0 heterocycles. The van der Waals surface area contributed by atoms with Gasteiger partial charge in [-0.2, -0.15) is 0 Å². The zero-order chi connectivity index (χ0) is 20.2. The number of carbonyl (C=O) groups is 2. The number of carboxylic acid groups (broad SMARTS) is 1. The zero-order valence-electron chi connectivity index (χ0n) is 16.7. The summed E-state index contributed by atoms with van der Waals surface area (Å²) in [5.41, 5.74) is 5.02. The van der Waals surface area contributed by atoms with Crippen LogP contribution >= 0.6 is 0 Å². The highest BCUT2D eigenvalue weighted by Gasteiger charge is 2.12. The number of primary amides is 1. The number of unbranched alkanes of at least 4 members (excludes halogenated alkanes) is 4. The van der Waals surface area contributed by atoms with Crippen LogP contribution in [-0.4, -0.2) is 35.1 Å². The van der Waals surface area contributed by atoms with Crippen molar-refractivity contribution in [3.05, 3.63) is 48.6 Å². The second kappa shape index (κ2) is 18.5. The molecular weight excluding hydrogens is 340 g/mol. The summed E-state index contributed by atoms with van der Waals surface area (Å²) in [5, 5.41) is 8.94. The van der Waals surface area contributed by atoms with Gasteiger partial charge in [-0.15, -0.1) is 0 Å². The second-order valence-electron chi connectivity index (χ2n) is 6.40. The Morgan fingerprint density at radius 3 is 1.74 bits per heavy atom. The fourth-order valence-corrected chi connectivity index (χ4v) is 2.39. The number of nitrogens with two attached hydrogens (primary N) is 1. The molecule has 0 aliphatic carbocycles. The first-order valence-corrected chi connectivity index (χ1v) is 9.94. The summed E-state index contributed by atoms with van der Waals surface area (Å²) >= 11 is 0. The van der Waals surface area contributed by atoms with Crippen LogP contribution in [0.1, 0.15) is 64.7 Å². The Hall–Kier alpha value is -2.30. The quantitative estimate of drug-likeness (QED) is 0.286. The number of allylic oxidation sites excluding steroid dienone is 8. The molecule has 3 N–H and O–H groups in total. The van der Waals surface area contributed by atoms with Gasteiger partial charge in [0, 0.05) is 6.54 Å². The van der Waals surface area contributed by atoms with E-state index in [2.05, 4.69) is 49.5 Å². The molecule has 0 aromatic rings. The molecule has 0 saturated carbocycles. The lowest BCUT2D eigenvalue weighted by Crippen LogP contribution is -2.38. The number of hydrogen-bond donors (Lipinski definition) is 2. The smallest absolute Gasteiger partial charge is 0.407 e. The highest BCUT2D eigenvalue weighted by Crippen LogP contribution is 2.01. The van der Waals surface area contributed by atoms with E-state index in [1.807, 2.05) is 6.08 Å². The minimum atomic E-state index is -1.11. The van der Waals surface area contributed by atoms with Crippen LogP contribution in [-0.2, 0) is 4.79 Å². The number of amides is 2. The predicted molar refractivity (Wildman–Crippen MR) is 113 cm³/mol. The number of nitrogens with zero attached hydrogens (tertiary/aromatic N) is 1. The van der Waals surface area contributed by atoms with Crippen molar-refractivity contribution < 1.29 is 14.7 Å². The van der Waals surface area contributed by atoms with Crippen LogP contribution in [0.4, 0.5) is 4.79 Å². The van der Waals surface area contributed by atoms with E-state index in [0.717, 1.165) is 30.6 Å². The van der Waals surface area contributed by atoms with Crippen molar-refractivity contribution in [3.8, 4) is 0 Å². The maximum absolute atomic E-state index is 10.9. The Kier molecular flexibility index (Phi) is 16.9. The molecule has 0 rings (SSSR count). The maximum atomic E-state index is 10.9. The molecule has 0 unspecified atom stereocenters. The van der Waals surface area contributed by atoms with Gasteiger partial charge in [-0.3, -0.25) is 9.69 Å². The van der Waals surface area contributed by atoms with Crippen LogP contribution in [0.15, 0.2) is 48.6 Å². The Labute approximate surface area is 164 Å². The molecule has 0 aromatic heterocycles. The summed E-state index contributed by atoms with van der Waals surface area (Å²) in [4.78, 5) is 22.7. The molecule has 0 radical (unpaired) electrons. The topological polar surface area (TPSA) is 83.6 Å². The van der Waals surface area contributed by atoms with Crippen molar-refractivity contribution in [2.24, 2.45) is 5.73 Å². The molecule has 5 heteroatoms. The molecule has 0 aromatic carbocycles. The summed E-state index contributed by atoms with van der Waals surface area (Å²) in [7, 11) is 0. The molecule has 5 nitrogen and oxygen atoms in total. The monoisotopic (exact) mass is 376 g/mol. The first-order chi connectivity index (χ1) is 13.1. The van der Waals surface area contributed by atoms with E-state index in [1.54, 1.807) is 0 Å². The first-order valence-electron chi connectivity index (χ1n) is 9.94. The third-order valence-corrected chi connectivity index (χ3v) is 3.87. The fraction of sp³-hybridized carbons (Fsp3) is 0.545. The first kappa shape index (κ1) is 24.7. The lowest BCUT2D eigenvalue weighted by Gasteiger charge is -2.16. The molecule has 0 aliphatic rings. The predicted octanol–water partition coefficient (Wildman–Crippen LogP) is 5.21. The molecule has 27 heavy (non-hydrogen) atoms. The number of carbonyl (C=O) groups excluding carboxylic acids is 1. The summed E-state index contributed by atoms with van der Waals surface area (Å²) in [6, 6.07) is 0. The highest BCUT2D eigenvalue weighted by atomic mass is 16.4. The Bertz CT molecular complexity index is 508. The molecule has 0 atom stereocenters. The molecule has 0 bridgehead atoms. The Morgan fingerprint density at radius 2 is 1.30 bits per heavy atom. The van der Waals surface area contributed by atoms with Gasteiger partial charge in [0.1, 0.15) is 6.54 Å².